The lowest BCUT2D eigenvalue weighted by molar-refractivity contribution is -0.138. The van der Waals surface area contributed by atoms with E-state index in [-0.39, 0.29) is 5.97 Å². The third-order valence-electron chi connectivity index (χ3n) is 2.07. The first-order chi connectivity index (χ1) is 7.16. The van der Waals surface area contributed by atoms with Crippen LogP contribution in [-0.2, 0) is 9.53 Å². The Balaban J connectivity index is 2.95. The van der Waals surface area contributed by atoms with Crippen LogP contribution in [0.4, 0.5) is 0 Å². The van der Waals surface area contributed by atoms with Gasteiger partial charge in [-0.2, -0.15) is 0 Å². The molecule has 0 aromatic heterocycles. The summed E-state index contributed by atoms with van der Waals surface area (Å²) in [5.41, 5.74) is 7.60. The summed E-state index contributed by atoms with van der Waals surface area (Å²) >= 11 is 0. The summed E-state index contributed by atoms with van der Waals surface area (Å²) in [5, 5.41) is 0. The van der Waals surface area contributed by atoms with Crippen LogP contribution in [0.3, 0.4) is 0 Å². The predicted molar refractivity (Wildman–Crippen MR) is 59.9 cm³/mol. The quantitative estimate of drug-likeness (QED) is 0.606. The topological polar surface area (TPSA) is 52.3 Å². The Bertz CT molecular complexity index is 368. The minimum Gasteiger partial charge on any atom is -0.463 e. The molecule has 0 saturated heterocycles. The molecule has 1 rings (SSSR count). The normalized spacial score (nSPS) is 11.9. The molecule has 0 fully saturated rings. The number of benzene rings is 1. The Morgan fingerprint density at radius 1 is 1.33 bits per heavy atom. The predicted octanol–water partition coefficient (Wildman–Crippen LogP) is 1.94. The van der Waals surface area contributed by atoms with Gasteiger partial charge in [0.15, 0.2) is 0 Å². The van der Waals surface area contributed by atoms with Crippen LogP contribution in [0.1, 0.15) is 19.4 Å². The van der Waals surface area contributed by atoms with E-state index in [2.05, 4.69) is 0 Å². The average Bonchev–Trinajstić information content (AvgIpc) is 2.28. The van der Waals surface area contributed by atoms with Crippen molar-refractivity contribution in [2.45, 2.75) is 13.8 Å². The molecule has 0 aliphatic carbocycles. The molecule has 0 atom stereocenters. The molecule has 0 aliphatic rings. The summed E-state index contributed by atoms with van der Waals surface area (Å²) in [6.07, 6.45) is 0. The number of esters is 1. The van der Waals surface area contributed by atoms with Crippen LogP contribution < -0.4 is 5.73 Å². The van der Waals surface area contributed by atoms with Gasteiger partial charge in [0.1, 0.15) is 0 Å². The van der Waals surface area contributed by atoms with E-state index in [1.165, 1.54) is 0 Å². The highest BCUT2D eigenvalue weighted by atomic mass is 16.5. The molecule has 0 unspecified atom stereocenters. The highest BCUT2D eigenvalue weighted by Gasteiger charge is 2.10. The van der Waals surface area contributed by atoms with Crippen LogP contribution in [0.15, 0.2) is 35.9 Å². The number of carbonyl (C=O) groups excluding carboxylic acids is 1. The molecule has 0 saturated carbocycles. The van der Waals surface area contributed by atoms with Crippen LogP contribution in [0, 0.1) is 0 Å². The van der Waals surface area contributed by atoms with Crippen LogP contribution in [-0.4, -0.2) is 12.6 Å². The number of nitrogens with two attached hydrogens (primary N) is 1. The highest BCUT2D eigenvalue weighted by molar-refractivity contribution is 5.96. The van der Waals surface area contributed by atoms with Gasteiger partial charge in [0.2, 0.25) is 0 Å². The molecule has 1 aromatic carbocycles. The third kappa shape index (κ3) is 2.84. The first-order valence-corrected chi connectivity index (χ1v) is 4.85. The molecule has 0 amide bonds. The average molecular weight is 205 g/mol. The van der Waals surface area contributed by atoms with Gasteiger partial charge in [0, 0.05) is 5.70 Å². The van der Waals surface area contributed by atoms with E-state index in [1.54, 1.807) is 13.8 Å². The van der Waals surface area contributed by atoms with Crippen molar-refractivity contribution >= 4 is 11.7 Å². The van der Waals surface area contributed by atoms with Crippen molar-refractivity contribution in [3.05, 3.63) is 41.5 Å². The van der Waals surface area contributed by atoms with E-state index < -0.39 is 0 Å². The lowest BCUT2D eigenvalue weighted by atomic mass is 10.1. The molecule has 3 nitrogen and oxygen atoms in total. The zero-order valence-electron chi connectivity index (χ0n) is 8.99. The molecule has 15 heavy (non-hydrogen) atoms. The summed E-state index contributed by atoms with van der Waals surface area (Å²) in [6, 6.07) is 9.37. The van der Waals surface area contributed by atoms with Gasteiger partial charge in [-0.25, -0.2) is 4.79 Å². The van der Waals surface area contributed by atoms with Crippen molar-refractivity contribution in [3.8, 4) is 0 Å². The summed E-state index contributed by atoms with van der Waals surface area (Å²) in [6.45, 7) is 3.79. The zero-order chi connectivity index (χ0) is 11.3. The smallest absolute Gasteiger partial charge is 0.335 e. The Labute approximate surface area is 89.5 Å². The Morgan fingerprint density at radius 3 is 2.47 bits per heavy atom. The maximum Gasteiger partial charge on any atom is 0.335 e. The van der Waals surface area contributed by atoms with Gasteiger partial charge in [-0.05, 0) is 19.4 Å². The van der Waals surface area contributed by atoms with E-state index in [4.69, 9.17) is 10.5 Å². The van der Waals surface area contributed by atoms with Gasteiger partial charge < -0.3 is 10.5 Å². The lowest BCUT2D eigenvalue weighted by Gasteiger charge is -2.06. The molecule has 0 spiro atoms. The number of carbonyl (C=O) groups is 1. The summed E-state index contributed by atoms with van der Waals surface area (Å²) in [4.78, 5) is 11.4. The maximum absolute atomic E-state index is 11.4. The molecule has 2 N–H and O–H groups in total. The molecule has 0 heterocycles. The number of hydrogen-bond acceptors (Lipinski definition) is 3. The van der Waals surface area contributed by atoms with Gasteiger partial charge in [-0.15, -0.1) is 0 Å². The van der Waals surface area contributed by atoms with Gasteiger partial charge in [0.05, 0.1) is 12.2 Å². The third-order valence-corrected chi connectivity index (χ3v) is 2.07. The zero-order valence-corrected chi connectivity index (χ0v) is 8.99. The summed E-state index contributed by atoms with van der Waals surface area (Å²) in [7, 11) is 0. The molecule has 0 radical (unpaired) electrons. The largest absolute Gasteiger partial charge is 0.463 e. The first-order valence-electron chi connectivity index (χ1n) is 4.85. The van der Waals surface area contributed by atoms with Gasteiger partial charge in [-0.3, -0.25) is 0 Å². The van der Waals surface area contributed by atoms with Crippen molar-refractivity contribution in [2.24, 2.45) is 5.73 Å². The van der Waals surface area contributed by atoms with E-state index in [9.17, 15) is 4.79 Å². The second-order valence-corrected chi connectivity index (χ2v) is 3.13. The standard InChI is InChI=1S/C12H15NO2/c1-3-15-12(14)9(2)11(13)10-7-5-4-6-8-10/h4-8H,3,13H2,1-2H3. The summed E-state index contributed by atoms with van der Waals surface area (Å²) < 4.78 is 4.87. The van der Waals surface area contributed by atoms with Gasteiger partial charge >= 0.3 is 5.97 Å². The Kier molecular flexibility index (Phi) is 3.92. The molecule has 3 heteroatoms. The van der Waals surface area contributed by atoms with Crippen LogP contribution >= 0.6 is 0 Å². The van der Waals surface area contributed by atoms with Gasteiger partial charge in [0.25, 0.3) is 0 Å². The maximum atomic E-state index is 11.4. The monoisotopic (exact) mass is 205 g/mol. The minimum atomic E-state index is -0.362. The van der Waals surface area contributed by atoms with Crippen molar-refractivity contribution in [2.75, 3.05) is 6.61 Å². The second-order valence-electron chi connectivity index (χ2n) is 3.13. The van der Waals surface area contributed by atoms with Crippen molar-refractivity contribution in [1.82, 2.24) is 0 Å². The fourth-order valence-corrected chi connectivity index (χ4v) is 1.18. The SMILES string of the molecule is CCOC(=O)C(C)=C(N)c1ccccc1. The molecule has 1 aromatic rings. The number of hydrogen-bond donors (Lipinski definition) is 1. The number of rotatable bonds is 3. The Hall–Kier alpha value is -1.77. The Morgan fingerprint density at radius 2 is 1.93 bits per heavy atom. The molecular formula is C12H15NO2. The number of ether oxygens (including phenoxy) is 1. The van der Waals surface area contributed by atoms with Gasteiger partial charge in [-0.1, -0.05) is 30.3 Å². The van der Waals surface area contributed by atoms with E-state index in [0.717, 1.165) is 5.56 Å². The van der Waals surface area contributed by atoms with Crippen LogP contribution in [0.2, 0.25) is 0 Å². The fourth-order valence-electron chi connectivity index (χ4n) is 1.18. The molecule has 80 valence electrons. The molecule has 0 bridgehead atoms. The lowest BCUT2D eigenvalue weighted by Crippen LogP contribution is -2.11. The van der Waals surface area contributed by atoms with Crippen LogP contribution in [0.25, 0.3) is 5.70 Å². The van der Waals surface area contributed by atoms with Crippen molar-refractivity contribution in [3.63, 3.8) is 0 Å². The molecule has 0 aliphatic heterocycles. The van der Waals surface area contributed by atoms with Crippen molar-refractivity contribution in [1.29, 1.82) is 0 Å². The first kappa shape index (κ1) is 11.3. The highest BCUT2D eigenvalue weighted by Crippen LogP contribution is 2.13. The second kappa shape index (κ2) is 5.20. The van der Waals surface area contributed by atoms with E-state index >= 15 is 0 Å². The fraction of sp³-hybridized carbons (Fsp3) is 0.250. The molecular weight excluding hydrogens is 190 g/mol. The van der Waals surface area contributed by atoms with Crippen LogP contribution in [0.5, 0.6) is 0 Å². The summed E-state index contributed by atoms with van der Waals surface area (Å²) in [5.74, 6) is -0.362. The van der Waals surface area contributed by atoms with Crippen molar-refractivity contribution < 1.29 is 9.53 Å². The van der Waals surface area contributed by atoms with E-state index in [0.29, 0.717) is 17.9 Å². The van der Waals surface area contributed by atoms with E-state index in [1.807, 2.05) is 30.3 Å². The minimum absolute atomic E-state index is 0.359.